The zero-order valence-corrected chi connectivity index (χ0v) is 11.4. The van der Waals surface area contributed by atoms with Gasteiger partial charge in [-0.25, -0.2) is 0 Å². The van der Waals surface area contributed by atoms with Crippen LogP contribution in [0.15, 0.2) is 59.3 Å². The van der Waals surface area contributed by atoms with Crippen molar-refractivity contribution >= 4 is 5.69 Å². The summed E-state index contributed by atoms with van der Waals surface area (Å²) in [4.78, 5) is 10.3. The molecule has 0 aliphatic carbocycles. The monoisotopic (exact) mass is 297 g/mol. The number of hydrogen-bond acceptors (Lipinski definition) is 6. The standard InChI is InChI=1S/C15H11N3O4/c19-18(20)13-3-1-2-11(8-13)9-21-14-6-4-12(5-7-14)15-17-16-10-22-15/h1-8,10H,9H2. The summed E-state index contributed by atoms with van der Waals surface area (Å²) in [6.45, 7) is 0.252. The van der Waals surface area contributed by atoms with Crippen LogP contribution < -0.4 is 4.74 Å². The third-order valence-electron chi connectivity index (χ3n) is 2.99. The van der Waals surface area contributed by atoms with Gasteiger partial charge in [0.05, 0.1) is 4.92 Å². The SMILES string of the molecule is O=[N+]([O-])c1cccc(COc2ccc(-c3nnco3)cc2)c1. The molecular weight excluding hydrogens is 286 g/mol. The number of nitrogens with zero attached hydrogens (tertiary/aromatic N) is 3. The highest BCUT2D eigenvalue weighted by molar-refractivity contribution is 5.53. The molecule has 3 rings (SSSR count). The highest BCUT2D eigenvalue weighted by atomic mass is 16.6. The summed E-state index contributed by atoms with van der Waals surface area (Å²) >= 11 is 0. The van der Waals surface area contributed by atoms with Gasteiger partial charge in [0.2, 0.25) is 12.3 Å². The number of nitro benzene ring substituents is 1. The van der Waals surface area contributed by atoms with Gasteiger partial charge in [0, 0.05) is 17.7 Å². The molecule has 1 heterocycles. The van der Waals surface area contributed by atoms with Crippen LogP contribution in [0.3, 0.4) is 0 Å². The van der Waals surface area contributed by atoms with E-state index in [1.165, 1.54) is 18.5 Å². The number of rotatable bonds is 5. The predicted octanol–water partition coefficient (Wildman–Crippen LogP) is 3.22. The maximum atomic E-state index is 10.7. The lowest BCUT2D eigenvalue weighted by Gasteiger charge is -2.06. The van der Waals surface area contributed by atoms with Gasteiger partial charge in [0.25, 0.3) is 5.69 Å². The fourth-order valence-electron chi connectivity index (χ4n) is 1.92. The average molecular weight is 297 g/mol. The molecule has 7 heteroatoms. The third-order valence-corrected chi connectivity index (χ3v) is 2.99. The molecule has 110 valence electrons. The Labute approximate surface area is 125 Å². The van der Waals surface area contributed by atoms with Crippen molar-refractivity contribution in [3.8, 4) is 17.2 Å². The molecule has 0 fully saturated rings. The zero-order chi connectivity index (χ0) is 15.4. The number of aromatic nitrogens is 2. The minimum Gasteiger partial charge on any atom is -0.489 e. The van der Waals surface area contributed by atoms with Crippen LogP contribution >= 0.6 is 0 Å². The molecule has 0 saturated heterocycles. The fraction of sp³-hybridized carbons (Fsp3) is 0.0667. The Bertz CT molecular complexity index is 770. The van der Waals surface area contributed by atoms with Crippen LogP contribution in [0.25, 0.3) is 11.5 Å². The first-order chi connectivity index (χ1) is 10.7. The van der Waals surface area contributed by atoms with Gasteiger partial charge in [-0.2, -0.15) is 0 Å². The molecule has 1 aromatic heterocycles. The van der Waals surface area contributed by atoms with Gasteiger partial charge in [-0.15, -0.1) is 10.2 Å². The van der Waals surface area contributed by atoms with Crippen molar-refractivity contribution in [2.45, 2.75) is 6.61 Å². The zero-order valence-electron chi connectivity index (χ0n) is 11.4. The molecule has 0 N–H and O–H groups in total. The van der Waals surface area contributed by atoms with E-state index < -0.39 is 4.92 Å². The lowest BCUT2D eigenvalue weighted by atomic mass is 10.2. The molecule has 0 amide bonds. The van der Waals surface area contributed by atoms with Gasteiger partial charge >= 0.3 is 0 Å². The summed E-state index contributed by atoms with van der Waals surface area (Å²) in [5.41, 5.74) is 1.57. The highest BCUT2D eigenvalue weighted by Gasteiger charge is 2.07. The Balaban J connectivity index is 1.66. The molecule has 0 radical (unpaired) electrons. The summed E-state index contributed by atoms with van der Waals surface area (Å²) in [5.74, 6) is 1.08. The van der Waals surface area contributed by atoms with E-state index in [9.17, 15) is 10.1 Å². The van der Waals surface area contributed by atoms with Gasteiger partial charge in [0.15, 0.2) is 0 Å². The molecule has 0 bridgehead atoms. The van der Waals surface area contributed by atoms with E-state index in [0.717, 1.165) is 11.1 Å². The normalized spacial score (nSPS) is 10.4. The smallest absolute Gasteiger partial charge is 0.269 e. The Morgan fingerprint density at radius 1 is 1.18 bits per heavy atom. The molecule has 0 aliphatic heterocycles. The van der Waals surface area contributed by atoms with E-state index in [4.69, 9.17) is 9.15 Å². The second-order valence-corrected chi connectivity index (χ2v) is 4.48. The molecule has 0 aliphatic rings. The second kappa shape index (κ2) is 6.04. The van der Waals surface area contributed by atoms with E-state index in [1.54, 1.807) is 36.4 Å². The summed E-state index contributed by atoms with van der Waals surface area (Å²) < 4.78 is 10.7. The summed E-state index contributed by atoms with van der Waals surface area (Å²) in [5, 5.41) is 18.2. The lowest BCUT2D eigenvalue weighted by Crippen LogP contribution is -1.96. The summed E-state index contributed by atoms with van der Waals surface area (Å²) in [6, 6.07) is 13.5. The van der Waals surface area contributed by atoms with Gasteiger partial charge < -0.3 is 9.15 Å². The highest BCUT2D eigenvalue weighted by Crippen LogP contribution is 2.21. The van der Waals surface area contributed by atoms with Crippen LogP contribution in [-0.2, 0) is 6.61 Å². The van der Waals surface area contributed by atoms with Crippen LogP contribution in [0.4, 0.5) is 5.69 Å². The molecule has 3 aromatic rings. The van der Waals surface area contributed by atoms with Crippen LogP contribution in [0.5, 0.6) is 5.75 Å². The average Bonchev–Trinajstić information content (AvgIpc) is 3.08. The first-order valence-electron chi connectivity index (χ1n) is 6.45. The van der Waals surface area contributed by atoms with Crippen molar-refractivity contribution in [2.24, 2.45) is 0 Å². The van der Waals surface area contributed by atoms with Gasteiger partial charge in [0.1, 0.15) is 12.4 Å². The first kappa shape index (κ1) is 13.7. The Hall–Kier alpha value is -3.22. The van der Waals surface area contributed by atoms with Gasteiger partial charge in [-0.1, -0.05) is 12.1 Å². The lowest BCUT2D eigenvalue weighted by molar-refractivity contribution is -0.384. The minimum absolute atomic E-state index is 0.0489. The van der Waals surface area contributed by atoms with Crippen LogP contribution in [0.1, 0.15) is 5.56 Å². The molecule has 2 aromatic carbocycles. The number of non-ortho nitro benzene ring substituents is 1. The molecule has 0 atom stereocenters. The molecule has 22 heavy (non-hydrogen) atoms. The number of hydrogen-bond donors (Lipinski definition) is 0. The topological polar surface area (TPSA) is 91.3 Å². The molecule has 7 nitrogen and oxygen atoms in total. The van der Waals surface area contributed by atoms with E-state index in [0.29, 0.717) is 11.6 Å². The van der Waals surface area contributed by atoms with E-state index in [1.807, 2.05) is 0 Å². The minimum atomic E-state index is -0.428. The van der Waals surface area contributed by atoms with Crippen molar-refractivity contribution in [3.05, 3.63) is 70.6 Å². The van der Waals surface area contributed by atoms with Crippen LogP contribution in [0, 0.1) is 10.1 Å². The maximum Gasteiger partial charge on any atom is 0.269 e. The van der Waals surface area contributed by atoms with Crippen molar-refractivity contribution in [3.63, 3.8) is 0 Å². The molecule has 0 saturated carbocycles. The quantitative estimate of drug-likeness (QED) is 0.530. The van der Waals surface area contributed by atoms with Crippen molar-refractivity contribution in [1.82, 2.24) is 10.2 Å². The Morgan fingerprint density at radius 2 is 2.00 bits per heavy atom. The number of nitro groups is 1. The van der Waals surface area contributed by atoms with Gasteiger partial charge in [-0.3, -0.25) is 10.1 Å². The van der Waals surface area contributed by atoms with Gasteiger partial charge in [-0.05, 0) is 29.8 Å². The van der Waals surface area contributed by atoms with Crippen molar-refractivity contribution < 1.29 is 14.1 Å². The predicted molar refractivity (Wildman–Crippen MR) is 77.2 cm³/mol. The maximum absolute atomic E-state index is 10.7. The molecule has 0 unspecified atom stereocenters. The van der Waals surface area contributed by atoms with E-state index >= 15 is 0 Å². The summed E-state index contributed by atoms with van der Waals surface area (Å²) in [7, 11) is 0. The van der Waals surface area contributed by atoms with Crippen molar-refractivity contribution in [1.29, 1.82) is 0 Å². The first-order valence-corrected chi connectivity index (χ1v) is 6.45. The molecule has 0 spiro atoms. The fourth-order valence-corrected chi connectivity index (χ4v) is 1.92. The number of benzene rings is 2. The van der Waals surface area contributed by atoms with Crippen LogP contribution in [0.2, 0.25) is 0 Å². The Morgan fingerprint density at radius 3 is 2.68 bits per heavy atom. The molecular formula is C15H11N3O4. The van der Waals surface area contributed by atoms with Crippen LogP contribution in [-0.4, -0.2) is 15.1 Å². The van der Waals surface area contributed by atoms with E-state index in [2.05, 4.69) is 10.2 Å². The largest absolute Gasteiger partial charge is 0.489 e. The van der Waals surface area contributed by atoms with E-state index in [-0.39, 0.29) is 12.3 Å². The summed E-state index contributed by atoms with van der Waals surface area (Å²) in [6.07, 6.45) is 1.27. The second-order valence-electron chi connectivity index (χ2n) is 4.48. The van der Waals surface area contributed by atoms with Crippen molar-refractivity contribution in [2.75, 3.05) is 0 Å². The Kier molecular flexibility index (Phi) is 3.78. The number of ether oxygens (including phenoxy) is 1. The third kappa shape index (κ3) is 3.09.